The Morgan fingerprint density at radius 1 is 1.47 bits per heavy atom. The van der Waals surface area contributed by atoms with Gasteiger partial charge in [-0.15, -0.1) is 0 Å². The highest BCUT2D eigenvalue weighted by Gasteiger charge is 2.12. The molecule has 3 heteroatoms. The van der Waals surface area contributed by atoms with Crippen LogP contribution in [0.25, 0.3) is 0 Å². The van der Waals surface area contributed by atoms with E-state index in [-0.39, 0.29) is 18.4 Å². The molecule has 0 aliphatic carbocycles. The molecule has 0 spiro atoms. The number of benzene rings is 1. The van der Waals surface area contributed by atoms with Crippen LogP contribution >= 0.6 is 0 Å². The first-order valence-corrected chi connectivity index (χ1v) is 5.05. The van der Waals surface area contributed by atoms with Crippen molar-refractivity contribution in [3.63, 3.8) is 0 Å². The average molecular weight is 207 g/mol. The SMILES string of the molecule is Cc1ccc(OC(C)C)c(C(=O)CN)c1. The molecule has 0 saturated carbocycles. The Labute approximate surface area is 90.2 Å². The summed E-state index contributed by atoms with van der Waals surface area (Å²) in [6.45, 7) is 5.80. The molecule has 0 aromatic heterocycles. The van der Waals surface area contributed by atoms with Gasteiger partial charge < -0.3 is 10.5 Å². The van der Waals surface area contributed by atoms with Gasteiger partial charge in [-0.25, -0.2) is 0 Å². The molecule has 3 nitrogen and oxygen atoms in total. The van der Waals surface area contributed by atoms with E-state index in [2.05, 4.69) is 0 Å². The summed E-state index contributed by atoms with van der Waals surface area (Å²) in [6.07, 6.45) is 0.0528. The topological polar surface area (TPSA) is 52.3 Å². The molecule has 0 aliphatic heterocycles. The van der Waals surface area contributed by atoms with E-state index >= 15 is 0 Å². The molecule has 0 aliphatic rings. The number of carbonyl (C=O) groups is 1. The standard InChI is InChI=1S/C12H17NO2/c1-8(2)15-12-5-4-9(3)6-10(12)11(14)7-13/h4-6,8H,7,13H2,1-3H3. The largest absolute Gasteiger partial charge is 0.490 e. The van der Waals surface area contributed by atoms with Gasteiger partial charge >= 0.3 is 0 Å². The molecule has 0 saturated heterocycles. The van der Waals surface area contributed by atoms with Crippen LogP contribution in [0.4, 0.5) is 0 Å². The van der Waals surface area contributed by atoms with E-state index in [9.17, 15) is 4.79 Å². The number of aryl methyl sites for hydroxylation is 1. The lowest BCUT2D eigenvalue weighted by Crippen LogP contribution is -2.16. The second-order valence-electron chi connectivity index (χ2n) is 3.79. The fraction of sp³-hybridized carbons (Fsp3) is 0.417. The van der Waals surface area contributed by atoms with Crippen molar-refractivity contribution in [2.24, 2.45) is 5.73 Å². The summed E-state index contributed by atoms with van der Waals surface area (Å²) in [7, 11) is 0. The second kappa shape index (κ2) is 4.94. The van der Waals surface area contributed by atoms with Crippen LogP contribution in [0, 0.1) is 6.92 Å². The average Bonchev–Trinajstić information content (AvgIpc) is 2.19. The van der Waals surface area contributed by atoms with Crippen LogP contribution in [0.15, 0.2) is 18.2 Å². The van der Waals surface area contributed by atoms with Crippen LogP contribution in [0.1, 0.15) is 29.8 Å². The Balaban J connectivity index is 3.08. The maximum absolute atomic E-state index is 11.6. The number of hydrogen-bond donors (Lipinski definition) is 1. The predicted octanol–water partition coefficient (Wildman–Crippen LogP) is 1.92. The highest BCUT2D eigenvalue weighted by atomic mass is 16.5. The number of nitrogens with two attached hydrogens (primary N) is 1. The Morgan fingerprint density at radius 3 is 2.67 bits per heavy atom. The minimum Gasteiger partial charge on any atom is -0.490 e. The number of rotatable bonds is 4. The Bertz CT molecular complexity index is 359. The van der Waals surface area contributed by atoms with Gasteiger partial charge in [-0.2, -0.15) is 0 Å². The second-order valence-corrected chi connectivity index (χ2v) is 3.79. The first-order chi connectivity index (χ1) is 7.04. The number of carbonyl (C=O) groups excluding carboxylic acids is 1. The van der Waals surface area contributed by atoms with E-state index in [0.717, 1.165) is 5.56 Å². The minimum absolute atomic E-state index is 0.0118. The summed E-state index contributed by atoms with van der Waals surface area (Å²) >= 11 is 0. The monoisotopic (exact) mass is 207 g/mol. The number of hydrogen-bond acceptors (Lipinski definition) is 3. The third-order valence-electron chi connectivity index (χ3n) is 1.98. The van der Waals surface area contributed by atoms with Gasteiger partial charge in [0.05, 0.1) is 18.2 Å². The molecule has 0 radical (unpaired) electrons. The third-order valence-corrected chi connectivity index (χ3v) is 1.98. The van der Waals surface area contributed by atoms with Crippen LogP contribution in [-0.2, 0) is 0 Å². The van der Waals surface area contributed by atoms with Gasteiger partial charge in [0, 0.05) is 0 Å². The van der Waals surface area contributed by atoms with E-state index < -0.39 is 0 Å². The van der Waals surface area contributed by atoms with Crippen molar-refractivity contribution in [2.75, 3.05) is 6.54 Å². The molecule has 0 atom stereocenters. The van der Waals surface area contributed by atoms with Crippen molar-refractivity contribution in [1.82, 2.24) is 0 Å². The molecule has 1 rings (SSSR count). The van der Waals surface area contributed by atoms with Gasteiger partial charge in [0.15, 0.2) is 5.78 Å². The van der Waals surface area contributed by atoms with Crippen molar-refractivity contribution >= 4 is 5.78 Å². The summed E-state index contributed by atoms with van der Waals surface area (Å²) in [5, 5.41) is 0. The summed E-state index contributed by atoms with van der Waals surface area (Å²) in [5.74, 6) is 0.528. The highest BCUT2D eigenvalue weighted by Crippen LogP contribution is 2.21. The smallest absolute Gasteiger partial charge is 0.180 e. The van der Waals surface area contributed by atoms with E-state index in [1.165, 1.54) is 0 Å². The predicted molar refractivity (Wildman–Crippen MR) is 60.3 cm³/mol. The molecule has 82 valence electrons. The molecule has 15 heavy (non-hydrogen) atoms. The number of ether oxygens (including phenoxy) is 1. The van der Waals surface area contributed by atoms with Crippen LogP contribution < -0.4 is 10.5 Å². The summed E-state index contributed by atoms with van der Waals surface area (Å²) in [4.78, 5) is 11.6. The normalized spacial score (nSPS) is 10.5. The van der Waals surface area contributed by atoms with Gasteiger partial charge in [-0.1, -0.05) is 11.6 Å². The molecule has 0 fully saturated rings. The molecule has 2 N–H and O–H groups in total. The maximum atomic E-state index is 11.6. The molecule has 0 unspecified atom stereocenters. The van der Waals surface area contributed by atoms with Gasteiger partial charge in [-0.3, -0.25) is 4.79 Å². The van der Waals surface area contributed by atoms with Crippen LogP contribution in [0.3, 0.4) is 0 Å². The quantitative estimate of drug-likeness (QED) is 0.767. The molecule has 0 heterocycles. The molecule has 1 aromatic rings. The lowest BCUT2D eigenvalue weighted by atomic mass is 10.1. The van der Waals surface area contributed by atoms with Gasteiger partial charge in [-0.05, 0) is 32.9 Å². The Hall–Kier alpha value is -1.35. The van der Waals surface area contributed by atoms with Gasteiger partial charge in [0.25, 0.3) is 0 Å². The molecule has 1 aromatic carbocycles. The van der Waals surface area contributed by atoms with E-state index in [1.807, 2.05) is 39.0 Å². The highest BCUT2D eigenvalue weighted by molar-refractivity contribution is 6.00. The summed E-state index contributed by atoms with van der Waals surface area (Å²) < 4.78 is 5.55. The summed E-state index contributed by atoms with van der Waals surface area (Å²) in [5.41, 5.74) is 6.95. The van der Waals surface area contributed by atoms with Crippen molar-refractivity contribution < 1.29 is 9.53 Å². The van der Waals surface area contributed by atoms with Gasteiger partial charge in [0.1, 0.15) is 5.75 Å². The fourth-order valence-corrected chi connectivity index (χ4v) is 1.33. The lowest BCUT2D eigenvalue weighted by Gasteiger charge is -2.13. The van der Waals surface area contributed by atoms with Crippen molar-refractivity contribution in [3.8, 4) is 5.75 Å². The molecular weight excluding hydrogens is 190 g/mol. The maximum Gasteiger partial charge on any atom is 0.180 e. The minimum atomic E-state index is -0.0886. The van der Waals surface area contributed by atoms with Crippen molar-refractivity contribution in [3.05, 3.63) is 29.3 Å². The van der Waals surface area contributed by atoms with E-state index in [4.69, 9.17) is 10.5 Å². The number of Topliss-reactive ketones (excluding diaryl/α,β-unsaturated/α-hetero) is 1. The Kier molecular flexibility index (Phi) is 3.86. The molecule has 0 amide bonds. The summed E-state index contributed by atoms with van der Waals surface area (Å²) in [6, 6.07) is 5.55. The van der Waals surface area contributed by atoms with Gasteiger partial charge in [0.2, 0.25) is 0 Å². The third kappa shape index (κ3) is 3.06. The van der Waals surface area contributed by atoms with Crippen LogP contribution in [0.2, 0.25) is 0 Å². The zero-order valence-electron chi connectivity index (χ0n) is 9.41. The number of ketones is 1. The fourth-order valence-electron chi connectivity index (χ4n) is 1.33. The van der Waals surface area contributed by atoms with Crippen LogP contribution in [-0.4, -0.2) is 18.4 Å². The first kappa shape index (κ1) is 11.7. The van der Waals surface area contributed by atoms with Crippen molar-refractivity contribution in [2.45, 2.75) is 26.9 Å². The lowest BCUT2D eigenvalue weighted by molar-refractivity contribution is 0.0995. The first-order valence-electron chi connectivity index (χ1n) is 5.05. The zero-order chi connectivity index (χ0) is 11.4. The molecule has 0 bridgehead atoms. The van der Waals surface area contributed by atoms with E-state index in [0.29, 0.717) is 11.3 Å². The zero-order valence-corrected chi connectivity index (χ0v) is 9.41. The van der Waals surface area contributed by atoms with E-state index in [1.54, 1.807) is 0 Å². The molecular formula is C12H17NO2. The van der Waals surface area contributed by atoms with Crippen molar-refractivity contribution in [1.29, 1.82) is 0 Å². The Morgan fingerprint density at radius 2 is 2.13 bits per heavy atom. The van der Waals surface area contributed by atoms with Crippen LogP contribution in [0.5, 0.6) is 5.75 Å².